The van der Waals surface area contributed by atoms with Crippen LogP contribution in [0.5, 0.6) is 0 Å². The molecule has 0 aromatic carbocycles. The SMILES string of the molecule is CC1(C(=O)N2CC(O)C(O)C2)CCCO1. The van der Waals surface area contributed by atoms with Crippen LogP contribution < -0.4 is 0 Å². The average molecular weight is 215 g/mol. The Morgan fingerprint density at radius 3 is 2.47 bits per heavy atom. The van der Waals surface area contributed by atoms with Gasteiger partial charge in [-0.2, -0.15) is 0 Å². The van der Waals surface area contributed by atoms with Gasteiger partial charge in [0.1, 0.15) is 5.60 Å². The van der Waals surface area contributed by atoms with E-state index in [1.54, 1.807) is 6.92 Å². The fourth-order valence-corrected chi connectivity index (χ4v) is 2.22. The van der Waals surface area contributed by atoms with Gasteiger partial charge < -0.3 is 19.8 Å². The van der Waals surface area contributed by atoms with E-state index in [-0.39, 0.29) is 19.0 Å². The number of hydrogen-bond donors (Lipinski definition) is 2. The van der Waals surface area contributed by atoms with Gasteiger partial charge in [-0.25, -0.2) is 0 Å². The molecule has 5 heteroatoms. The minimum atomic E-state index is -0.820. The maximum atomic E-state index is 12.0. The van der Waals surface area contributed by atoms with Crippen molar-refractivity contribution in [3.05, 3.63) is 0 Å². The number of carbonyl (C=O) groups excluding carboxylic acids is 1. The quantitative estimate of drug-likeness (QED) is 0.596. The molecule has 86 valence electrons. The van der Waals surface area contributed by atoms with Crippen LogP contribution in [0, 0.1) is 0 Å². The summed E-state index contributed by atoms with van der Waals surface area (Å²) in [5.41, 5.74) is -0.746. The van der Waals surface area contributed by atoms with Crippen LogP contribution >= 0.6 is 0 Å². The lowest BCUT2D eigenvalue weighted by Crippen LogP contribution is -2.46. The molecular formula is C10H17NO4. The van der Waals surface area contributed by atoms with Crippen LogP contribution in [0.3, 0.4) is 0 Å². The first-order valence-electron chi connectivity index (χ1n) is 5.32. The fourth-order valence-electron chi connectivity index (χ4n) is 2.22. The van der Waals surface area contributed by atoms with E-state index in [1.807, 2.05) is 0 Å². The Bertz CT molecular complexity index is 252. The average Bonchev–Trinajstić information content (AvgIpc) is 2.75. The summed E-state index contributed by atoms with van der Waals surface area (Å²) in [5.74, 6) is -0.115. The third-order valence-electron chi connectivity index (χ3n) is 3.22. The first-order chi connectivity index (χ1) is 7.03. The maximum Gasteiger partial charge on any atom is 0.254 e. The molecule has 3 unspecified atom stereocenters. The lowest BCUT2D eigenvalue weighted by atomic mass is 10.0. The van der Waals surface area contributed by atoms with Crippen molar-refractivity contribution in [2.24, 2.45) is 0 Å². The van der Waals surface area contributed by atoms with Crippen LogP contribution in [0.4, 0.5) is 0 Å². The van der Waals surface area contributed by atoms with Crippen molar-refractivity contribution >= 4 is 5.91 Å². The largest absolute Gasteiger partial charge is 0.388 e. The Hall–Kier alpha value is -0.650. The number of nitrogens with zero attached hydrogens (tertiary/aromatic N) is 1. The van der Waals surface area contributed by atoms with Gasteiger partial charge in [0.2, 0.25) is 0 Å². The molecule has 2 saturated heterocycles. The molecule has 2 aliphatic rings. The summed E-state index contributed by atoms with van der Waals surface area (Å²) in [5, 5.41) is 18.7. The summed E-state index contributed by atoms with van der Waals surface area (Å²) in [7, 11) is 0. The minimum absolute atomic E-state index is 0.115. The third kappa shape index (κ3) is 1.87. The number of carbonyl (C=O) groups is 1. The highest BCUT2D eigenvalue weighted by atomic mass is 16.5. The van der Waals surface area contributed by atoms with Gasteiger partial charge in [-0.15, -0.1) is 0 Å². The van der Waals surface area contributed by atoms with Crippen molar-refractivity contribution in [2.45, 2.75) is 37.6 Å². The van der Waals surface area contributed by atoms with Crippen molar-refractivity contribution in [3.63, 3.8) is 0 Å². The van der Waals surface area contributed by atoms with E-state index in [1.165, 1.54) is 4.90 Å². The Kier molecular flexibility index (Phi) is 2.70. The van der Waals surface area contributed by atoms with E-state index >= 15 is 0 Å². The second-order valence-electron chi connectivity index (χ2n) is 4.53. The molecule has 0 saturated carbocycles. The summed E-state index contributed by atoms with van der Waals surface area (Å²) in [6.07, 6.45) is -0.0340. The molecule has 2 heterocycles. The zero-order valence-electron chi connectivity index (χ0n) is 8.85. The lowest BCUT2D eigenvalue weighted by molar-refractivity contribution is -0.150. The molecule has 1 amide bonds. The van der Waals surface area contributed by atoms with Gasteiger partial charge in [0.25, 0.3) is 5.91 Å². The minimum Gasteiger partial charge on any atom is -0.388 e. The number of amides is 1. The maximum absolute atomic E-state index is 12.0. The molecule has 0 aromatic heterocycles. The molecule has 2 fully saturated rings. The molecule has 0 radical (unpaired) electrons. The third-order valence-corrected chi connectivity index (χ3v) is 3.22. The smallest absolute Gasteiger partial charge is 0.254 e. The predicted octanol–water partition coefficient (Wildman–Crippen LogP) is -0.881. The van der Waals surface area contributed by atoms with Crippen molar-refractivity contribution in [1.82, 2.24) is 4.90 Å². The number of rotatable bonds is 1. The molecule has 0 bridgehead atoms. The van der Waals surface area contributed by atoms with E-state index in [9.17, 15) is 15.0 Å². The molecule has 0 aromatic rings. The van der Waals surface area contributed by atoms with Gasteiger partial charge in [0.15, 0.2) is 0 Å². The van der Waals surface area contributed by atoms with Crippen LogP contribution in [0.15, 0.2) is 0 Å². The van der Waals surface area contributed by atoms with Crippen LogP contribution in [0.1, 0.15) is 19.8 Å². The number of β-amino-alcohol motifs (C(OH)–C–C–N with tert-alkyl or cyclic N) is 2. The Balaban J connectivity index is 2.02. The summed E-state index contributed by atoms with van der Waals surface area (Å²) in [6, 6.07) is 0. The Morgan fingerprint density at radius 2 is 2.00 bits per heavy atom. The molecule has 5 nitrogen and oxygen atoms in total. The lowest BCUT2D eigenvalue weighted by Gasteiger charge is -2.27. The van der Waals surface area contributed by atoms with E-state index < -0.39 is 17.8 Å². The first kappa shape index (κ1) is 10.9. The normalized spacial score (nSPS) is 41.1. The highest BCUT2D eigenvalue weighted by Crippen LogP contribution is 2.28. The molecule has 2 rings (SSSR count). The summed E-state index contributed by atoms with van der Waals surface area (Å²) >= 11 is 0. The van der Waals surface area contributed by atoms with Gasteiger partial charge in [-0.05, 0) is 19.8 Å². The molecule has 3 atom stereocenters. The topological polar surface area (TPSA) is 70.0 Å². The molecule has 2 aliphatic heterocycles. The van der Waals surface area contributed by atoms with Crippen LogP contribution in [-0.2, 0) is 9.53 Å². The number of aliphatic hydroxyl groups excluding tert-OH is 2. The van der Waals surface area contributed by atoms with Gasteiger partial charge in [-0.3, -0.25) is 4.79 Å². The Morgan fingerprint density at radius 1 is 1.40 bits per heavy atom. The molecule has 0 aliphatic carbocycles. The second kappa shape index (κ2) is 3.73. The van der Waals surface area contributed by atoms with Crippen molar-refractivity contribution < 1.29 is 19.7 Å². The monoisotopic (exact) mass is 215 g/mol. The van der Waals surface area contributed by atoms with E-state index in [4.69, 9.17) is 4.74 Å². The highest BCUT2D eigenvalue weighted by Gasteiger charge is 2.44. The van der Waals surface area contributed by atoms with Crippen LogP contribution in [0.25, 0.3) is 0 Å². The van der Waals surface area contributed by atoms with E-state index in [0.717, 1.165) is 6.42 Å². The second-order valence-corrected chi connectivity index (χ2v) is 4.53. The van der Waals surface area contributed by atoms with Crippen molar-refractivity contribution in [3.8, 4) is 0 Å². The van der Waals surface area contributed by atoms with Gasteiger partial charge in [-0.1, -0.05) is 0 Å². The van der Waals surface area contributed by atoms with Crippen molar-refractivity contribution in [1.29, 1.82) is 0 Å². The highest BCUT2D eigenvalue weighted by molar-refractivity contribution is 5.85. The number of aliphatic hydroxyl groups is 2. The van der Waals surface area contributed by atoms with E-state index in [0.29, 0.717) is 13.0 Å². The van der Waals surface area contributed by atoms with Gasteiger partial charge >= 0.3 is 0 Å². The fraction of sp³-hybridized carbons (Fsp3) is 0.900. The molecule has 2 N–H and O–H groups in total. The molecule has 15 heavy (non-hydrogen) atoms. The van der Waals surface area contributed by atoms with Crippen LogP contribution in [0.2, 0.25) is 0 Å². The van der Waals surface area contributed by atoms with Crippen LogP contribution in [-0.4, -0.2) is 58.5 Å². The standard InChI is InChI=1S/C10H17NO4/c1-10(3-2-4-15-10)9(14)11-5-7(12)8(13)6-11/h7-8,12-13H,2-6H2,1H3. The van der Waals surface area contributed by atoms with E-state index in [2.05, 4.69) is 0 Å². The molecular weight excluding hydrogens is 198 g/mol. The number of ether oxygens (including phenoxy) is 1. The van der Waals surface area contributed by atoms with Crippen molar-refractivity contribution in [2.75, 3.05) is 19.7 Å². The number of hydrogen-bond acceptors (Lipinski definition) is 4. The van der Waals surface area contributed by atoms with Gasteiger partial charge in [0.05, 0.1) is 12.2 Å². The first-order valence-corrected chi connectivity index (χ1v) is 5.32. The predicted molar refractivity (Wildman–Crippen MR) is 52.2 cm³/mol. The molecule has 0 spiro atoms. The summed E-state index contributed by atoms with van der Waals surface area (Å²) < 4.78 is 5.43. The Labute approximate surface area is 88.6 Å². The summed E-state index contributed by atoms with van der Waals surface area (Å²) in [4.78, 5) is 13.5. The zero-order chi connectivity index (χ0) is 11.1. The van der Waals surface area contributed by atoms with Gasteiger partial charge in [0, 0.05) is 19.7 Å². The summed E-state index contributed by atoms with van der Waals surface area (Å²) in [6.45, 7) is 2.80. The number of likely N-dealkylation sites (tertiary alicyclic amines) is 1. The zero-order valence-corrected chi connectivity index (χ0v) is 8.85.